The Morgan fingerprint density at radius 1 is 0.868 bits per heavy atom. The van der Waals surface area contributed by atoms with Gasteiger partial charge < -0.3 is 10.2 Å². The van der Waals surface area contributed by atoms with Gasteiger partial charge in [-0.3, -0.25) is 13.9 Å². The number of carbonyl (C=O) groups excluding carboxylic acids is 2. The quantitative estimate of drug-likeness (QED) is 0.409. The summed E-state index contributed by atoms with van der Waals surface area (Å²) in [7, 11) is -2.56. The molecule has 0 unspecified atom stereocenters. The van der Waals surface area contributed by atoms with Crippen LogP contribution < -0.4 is 9.62 Å². The third-order valence-corrected chi connectivity index (χ3v) is 8.74. The van der Waals surface area contributed by atoms with Crippen molar-refractivity contribution in [3.05, 3.63) is 94.5 Å². The van der Waals surface area contributed by atoms with E-state index >= 15 is 0 Å². The number of nitrogens with one attached hydrogen (secondary N) is 1. The monoisotopic (exact) mass is 535 g/mol. The van der Waals surface area contributed by atoms with Crippen molar-refractivity contribution in [2.45, 2.75) is 58.5 Å². The molecule has 1 atom stereocenters. The summed E-state index contributed by atoms with van der Waals surface area (Å²) in [6.45, 7) is 9.16. The zero-order valence-corrected chi connectivity index (χ0v) is 23.8. The molecule has 0 aliphatic carbocycles. The van der Waals surface area contributed by atoms with Crippen molar-refractivity contribution < 1.29 is 18.0 Å². The first-order valence-electron chi connectivity index (χ1n) is 12.7. The second kappa shape index (κ2) is 12.3. The van der Waals surface area contributed by atoms with Crippen molar-refractivity contribution in [2.24, 2.45) is 0 Å². The number of carbonyl (C=O) groups is 2. The molecular weight excluding hydrogens is 498 g/mol. The van der Waals surface area contributed by atoms with Crippen LogP contribution in [0.2, 0.25) is 0 Å². The highest BCUT2D eigenvalue weighted by molar-refractivity contribution is 7.92. The molecule has 0 fully saturated rings. The summed E-state index contributed by atoms with van der Waals surface area (Å²) in [4.78, 5) is 28.5. The molecule has 7 nitrogen and oxygen atoms in total. The van der Waals surface area contributed by atoms with E-state index in [0.717, 1.165) is 27.8 Å². The van der Waals surface area contributed by atoms with Crippen molar-refractivity contribution in [2.75, 3.05) is 17.9 Å². The van der Waals surface area contributed by atoms with Gasteiger partial charge in [-0.05, 0) is 74.6 Å². The highest BCUT2D eigenvalue weighted by Crippen LogP contribution is 2.29. The largest absolute Gasteiger partial charge is 0.357 e. The maximum atomic E-state index is 14.0. The van der Waals surface area contributed by atoms with E-state index in [1.165, 1.54) is 16.3 Å². The molecule has 0 aliphatic rings. The number of aryl methyl sites for hydroxylation is 3. The number of likely N-dealkylation sites (N-methyl/N-ethyl adjacent to an activating group) is 1. The SMILES string of the molecule is CC[C@@H](C(=O)NC)N(Cc1ccccc1C)C(=O)CN(c1cccc(C)c1C)S(=O)(=O)c1ccc(C)cc1. The van der Waals surface area contributed by atoms with Gasteiger partial charge in [0.05, 0.1) is 10.6 Å². The average molecular weight is 536 g/mol. The Hall–Kier alpha value is -3.65. The molecule has 0 heterocycles. The topological polar surface area (TPSA) is 86.8 Å². The Balaban J connectivity index is 2.12. The Labute approximate surface area is 226 Å². The zero-order chi connectivity index (χ0) is 28.0. The molecule has 2 amide bonds. The van der Waals surface area contributed by atoms with Crippen LogP contribution >= 0.6 is 0 Å². The lowest BCUT2D eigenvalue weighted by atomic mass is 10.1. The van der Waals surface area contributed by atoms with Gasteiger partial charge in [-0.2, -0.15) is 0 Å². The highest BCUT2D eigenvalue weighted by atomic mass is 32.2. The second-order valence-electron chi connectivity index (χ2n) is 9.53. The first kappa shape index (κ1) is 28.9. The summed E-state index contributed by atoms with van der Waals surface area (Å²) in [6.07, 6.45) is 0.380. The van der Waals surface area contributed by atoms with Gasteiger partial charge in [-0.25, -0.2) is 8.42 Å². The first-order chi connectivity index (χ1) is 18.0. The molecule has 0 spiro atoms. The number of benzene rings is 3. The van der Waals surface area contributed by atoms with Crippen LogP contribution in [0.25, 0.3) is 0 Å². The average Bonchev–Trinajstić information content (AvgIpc) is 2.89. The van der Waals surface area contributed by atoms with Gasteiger partial charge in [0.1, 0.15) is 12.6 Å². The Morgan fingerprint density at radius 3 is 2.11 bits per heavy atom. The van der Waals surface area contributed by atoms with Crippen molar-refractivity contribution in [1.29, 1.82) is 0 Å². The summed E-state index contributed by atoms with van der Waals surface area (Å²) in [5, 5.41) is 2.65. The second-order valence-corrected chi connectivity index (χ2v) is 11.4. The third-order valence-electron chi connectivity index (χ3n) is 6.97. The lowest BCUT2D eigenvalue weighted by Crippen LogP contribution is -2.52. The van der Waals surface area contributed by atoms with E-state index in [4.69, 9.17) is 0 Å². The summed E-state index contributed by atoms with van der Waals surface area (Å²) in [6, 6.07) is 18.9. The molecule has 8 heteroatoms. The normalized spacial score (nSPS) is 12.1. The smallest absolute Gasteiger partial charge is 0.264 e. The summed E-state index contributed by atoms with van der Waals surface area (Å²) in [5.41, 5.74) is 4.91. The molecule has 0 bridgehead atoms. The standard InChI is InChI=1S/C30H37N3O4S/c1-7-27(30(35)31-6)32(19-25-13-9-8-11-23(25)4)29(34)20-33(28-14-10-12-22(3)24(28)5)38(36,37)26-17-15-21(2)16-18-26/h8-18,27H,7,19-20H2,1-6H3,(H,31,35)/t27-/m0/s1. The maximum absolute atomic E-state index is 14.0. The Morgan fingerprint density at radius 2 is 1.50 bits per heavy atom. The van der Waals surface area contributed by atoms with Gasteiger partial charge >= 0.3 is 0 Å². The van der Waals surface area contributed by atoms with Crippen LogP contribution in [-0.4, -0.2) is 44.8 Å². The summed E-state index contributed by atoms with van der Waals surface area (Å²) < 4.78 is 29.1. The first-order valence-corrected chi connectivity index (χ1v) is 14.2. The fourth-order valence-electron chi connectivity index (χ4n) is 4.41. The number of anilines is 1. The molecule has 0 aromatic heterocycles. The molecule has 3 aromatic carbocycles. The van der Waals surface area contributed by atoms with Crippen molar-refractivity contribution in [3.8, 4) is 0 Å². The minimum atomic E-state index is -4.09. The van der Waals surface area contributed by atoms with Gasteiger partial charge in [-0.1, -0.05) is 61.0 Å². The van der Waals surface area contributed by atoms with E-state index in [9.17, 15) is 18.0 Å². The molecule has 3 rings (SSSR count). The predicted octanol–water partition coefficient (Wildman–Crippen LogP) is 4.67. The highest BCUT2D eigenvalue weighted by Gasteiger charge is 2.34. The minimum Gasteiger partial charge on any atom is -0.357 e. The van der Waals surface area contributed by atoms with Crippen LogP contribution in [0.3, 0.4) is 0 Å². The van der Waals surface area contributed by atoms with Gasteiger partial charge in [0, 0.05) is 13.6 Å². The van der Waals surface area contributed by atoms with Gasteiger partial charge in [0.2, 0.25) is 11.8 Å². The van der Waals surface area contributed by atoms with Crippen molar-refractivity contribution in [1.82, 2.24) is 10.2 Å². The molecule has 38 heavy (non-hydrogen) atoms. The summed E-state index contributed by atoms with van der Waals surface area (Å²) >= 11 is 0. The van der Waals surface area contributed by atoms with Crippen LogP contribution in [0.15, 0.2) is 71.6 Å². The molecular formula is C30H37N3O4S. The van der Waals surface area contributed by atoms with E-state index in [0.29, 0.717) is 12.1 Å². The lowest BCUT2D eigenvalue weighted by molar-refractivity contribution is -0.140. The van der Waals surface area contributed by atoms with Crippen LogP contribution in [-0.2, 0) is 26.2 Å². The Kier molecular flexibility index (Phi) is 9.33. The van der Waals surface area contributed by atoms with E-state index < -0.39 is 28.5 Å². The van der Waals surface area contributed by atoms with Crippen LogP contribution in [0, 0.1) is 27.7 Å². The molecule has 0 aliphatic heterocycles. The number of nitrogens with zero attached hydrogens (tertiary/aromatic N) is 2. The van der Waals surface area contributed by atoms with Crippen LogP contribution in [0.5, 0.6) is 0 Å². The maximum Gasteiger partial charge on any atom is 0.264 e. The van der Waals surface area contributed by atoms with Gasteiger partial charge in [0.15, 0.2) is 0 Å². The summed E-state index contributed by atoms with van der Waals surface area (Å²) in [5.74, 6) is -0.755. The zero-order valence-electron chi connectivity index (χ0n) is 23.0. The molecule has 202 valence electrons. The molecule has 1 N–H and O–H groups in total. The number of rotatable bonds is 10. The third kappa shape index (κ3) is 6.25. The van der Waals surface area contributed by atoms with E-state index in [2.05, 4.69) is 5.32 Å². The minimum absolute atomic E-state index is 0.0978. The predicted molar refractivity (Wildman–Crippen MR) is 152 cm³/mol. The van der Waals surface area contributed by atoms with E-state index in [-0.39, 0.29) is 17.3 Å². The number of hydrogen-bond donors (Lipinski definition) is 1. The lowest BCUT2D eigenvalue weighted by Gasteiger charge is -2.33. The molecule has 0 saturated carbocycles. The molecule has 3 aromatic rings. The van der Waals surface area contributed by atoms with Crippen molar-refractivity contribution in [3.63, 3.8) is 0 Å². The van der Waals surface area contributed by atoms with Gasteiger partial charge in [0.25, 0.3) is 10.0 Å². The van der Waals surface area contributed by atoms with E-state index in [1.54, 1.807) is 36.4 Å². The van der Waals surface area contributed by atoms with Crippen LogP contribution in [0.1, 0.15) is 41.2 Å². The van der Waals surface area contributed by atoms with Gasteiger partial charge in [-0.15, -0.1) is 0 Å². The van der Waals surface area contributed by atoms with Crippen LogP contribution in [0.4, 0.5) is 5.69 Å². The molecule has 0 radical (unpaired) electrons. The fraction of sp³-hybridized carbons (Fsp3) is 0.333. The Bertz CT molecular complexity index is 1400. The number of amides is 2. The molecule has 0 saturated heterocycles. The van der Waals surface area contributed by atoms with Crippen molar-refractivity contribution >= 4 is 27.5 Å². The number of sulfonamides is 1. The number of hydrogen-bond acceptors (Lipinski definition) is 4. The fourth-order valence-corrected chi connectivity index (χ4v) is 5.89. The van der Waals surface area contributed by atoms with E-state index in [1.807, 2.05) is 65.0 Å².